The van der Waals surface area contributed by atoms with Gasteiger partial charge in [-0.1, -0.05) is 12.1 Å². The molecule has 0 amide bonds. The lowest BCUT2D eigenvalue weighted by atomic mass is 10.2. The van der Waals surface area contributed by atoms with E-state index in [4.69, 9.17) is 0 Å². The van der Waals surface area contributed by atoms with Crippen molar-refractivity contribution in [3.8, 4) is 0 Å². The molecule has 1 heterocycles. The van der Waals surface area contributed by atoms with Gasteiger partial charge in [-0.3, -0.25) is 4.99 Å². The number of benzene rings is 1. The summed E-state index contributed by atoms with van der Waals surface area (Å²) < 4.78 is 0. The van der Waals surface area contributed by atoms with Crippen LogP contribution in [0, 0.1) is 0 Å². The molecule has 0 atom stereocenters. The molecule has 0 unspecified atom stereocenters. The second-order valence-corrected chi connectivity index (χ2v) is 8.03. The van der Waals surface area contributed by atoms with Crippen LogP contribution in [0.1, 0.15) is 18.4 Å². The normalized spacial score (nSPS) is 15.4. The topological polar surface area (TPSA) is 39.7 Å². The summed E-state index contributed by atoms with van der Waals surface area (Å²) in [5, 5.41) is 6.77. The second-order valence-electron chi connectivity index (χ2n) is 5.82. The Hall–Kier alpha value is -1.01. The molecule has 0 spiro atoms. The van der Waals surface area contributed by atoms with E-state index in [0.717, 1.165) is 32.1 Å². The number of anilines is 1. The summed E-state index contributed by atoms with van der Waals surface area (Å²) in [6.45, 7) is 4.11. The van der Waals surface area contributed by atoms with Gasteiger partial charge >= 0.3 is 0 Å². The fourth-order valence-electron chi connectivity index (χ4n) is 2.63. The summed E-state index contributed by atoms with van der Waals surface area (Å²) in [6, 6.07) is 8.92. The molecular weight excluding hydrogens is 336 g/mol. The number of nitrogens with one attached hydrogen (secondary N) is 2. The van der Waals surface area contributed by atoms with Crippen molar-refractivity contribution in [3.05, 3.63) is 29.8 Å². The number of rotatable bonds is 8. The van der Waals surface area contributed by atoms with Gasteiger partial charge in [-0.2, -0.15) is 23.5 Å². The van der Waals surface area contributed by atoms with Crippen LogP contribution in [0.2, 0.25) is 0 Å². The quantitative estimate of drug-likeness (QED) is 0.420. The van der Waals surface area contributed by atoms with E-state index >= 15 is 0 Å². The van der Waals surface area contributed by atoms with Crippen LogP contribution in [0.15, 0.2) is 29.3 Å². The summed E-state index contributed by atoms with van der Waals surface area (Å²) >= 11 is 3.95. The summed E-state index contributed by atoms with van der Waals surface area (Å²) in [7, 11) is 1.83. The van der Waals surface area contributed by atoms with Gasteiger partial charge in [-0.25, -0.2) is 0 Å². The van der Waals surface area contributed by atoms with Crippen molar-refractivity contribution >= 4 is 35.2 Å². The van der Waals surface area contributed by atoms with Crippen LogP contribution in [0.25, 0.3) is 0 Å². The standard InChI is InChI=1S/C18H30N4S2/c1-19-18(20-9-3-4-12-23-2)21-15-16-5-7-17(8-6-16)22-10-13-24-14-11-22/h5-8H,3-4,9-15H2,1-2H3,(H2,19,20,21). The fraction of sp³-hybridized carbons (Fsp3) is 0.611. The minimum absolute atomic E-state index is 0.806. The maximum absolute atomic E-state index is 4.29. The Bertz CT molecular complexity index is 484. The lowest BCUT2D eigenvalue weighted by Crippen LogP contribution is -2.37. The summed E-state index contributed by atoms with van der Waals surface area (Å²) in [5.74, 6) is 4.59. The molecule has 1 aliphatic rings. The predicted octanol–water partition coefficient (Wildman–Crippen LogP) is 3.05. The summed E-state index contributed by atoms with van der Waals surface area (Å²) in [5.41, 5.74) is 2.63. The SMILES string of the molecule is CN=C(NCCCCSC)NCc1ccc(N2CCSCC2)cc1. The van der Waals surface area contributed by atoms with E-state index in [-0.39, 0.29) is 0 Å². The number of unbranched alkanes of at least 4 members (excludes halogenated alkanes) is 1. The van der Waals surface area contributed by atoms with Gasteiger partial charge in [0.05, 0.1) is 0 Å². The molecule has 0 aromatic heterocycles. The lowest BCUT2D eigenvalue weighted by molar-refractivity contribution is 0.733. The molecule has 2 N–H and O–H groups in total. The van der Waals surface area contributed by atoms with Gasteiger partial charge in [0.2, 0.25) is 0 Å². The molecule has 1 aromatic rings. The van der Waals surface area contributed by atoms with Crippen molar-refractivity contribution in [3.63, 3.8) is 0 Å². The molecule has 6 heteroatoms. The smallest absolute Gasteiger partial charge is 0.191 e. The molecule has 24 heavy (non-hydrogen) atoms. The lowest BCUT2D eigenvalue weighted by Gasteiger charge is -2.28. The molecule has 0 bridgehead atoms. The molecule has 1 fully saturated rings. The van der Waals surface area contributed by atoms with E-state index < -0.39 is 0 Å². The summed E-state index contributed by atoms with van der Waals surface area (Å²) in [4.78, 5) is 6.77. The molecule has 0 saturated carbocycles. The molecule has 1 saturated heterocycles. The maximum Gasteiger partial charge on any atom is 0.191 e. The van der Waals surface area contributed by atoms with E-state index in [0.29, 0.717) is 0 Å². The van der Waals surface area contributed by atoms with E-state index in [1.807, 2.05) is 30.6 Å². The van der Waals surface area contributed by atoms with Crippen LogP contribution >= 0.6 is 23.5 Å². The Morgan fingerprint density at radius 3 is 2.58 bits per heavy atom. The first-order valence-corrected chi connectivity index (χ1v) is 11.2. The van der Waals surface area contributed by atoms with E-state index in [1.54, 1.807) is 0 Å². The third kappa shape index (κ3) is 6.85. The Morgan fingerprint density at radius 2 is 1.92 bits per heavy atom. The zero-order valence-corrected chi connectivity index (χ0v) is 16.5. The minimum atomic E-state index is 0.806. The first-order chi connectivity index (χ1) is 11.8. The number of guanidine groups is 1. The Kier molecular flexibility index (Phi) is 9.28. The largest absolute Gasteiger partial charge is 0.370 e. The monoisotopic (exact) mass is 366 g/mol. The van der Waals surface area contributed by atoms with Crippen LogP contribution in [-0.4, -0.2) is 56.2 Å². The highest BCUT2D eigenvalue weighted by Gasteiger charge is 2.10. The Balaban J connectivity index is 1.72. The highest BCUT2D eigenvalue weighted by molar-refractivity contribution is 7.99. The zero-order chi connectivity index (χ0) is 17.0. The Morgan fingerprint density at radius 1 is 1.17 bits per heavy atom. The third-order valence-corrected chi connectivity index (χ3v) is 5.70. The van der Waals surface area contributed by atoms with Gasteiger partial charge in [-0.05, 0) is 42.5 Å². The van der Waals surface area contributed by atoms with Gasteiger partial charge in [-0.15, -0.1) is 0 Å². The maximum atomic E-state index is 4.29. The van der Waals surface area contributed by atoms with Gasteiger partial charge in [0.15, 0.2) is 5.96 Å². The van der Waals surface area contributed by atoms with Gasteiger partial charge in [0.25, 0.3) is 0 Å². The van der Waals surface area contributed by atoms with Crippen LogP contribution in [0.5, 0.6) is 0 Å². The van der Waals surface area contributed by atoms with Gasteiger partial charge in [0.1, 0.15) is 0 Å². The average molecular weight is 367 g/mol. The number of hydrogen-bond donors (Lipinski definition) is 2. The van der Waals surface area contributed by atoms with Crippen molar-refractivity contribution in [2.24, 2.45) is 4.99 Å². The zero-order valence-electron chi connectivity index (χ0n) is 14.9. The molecule has 0 radical (unpaired) electrons. The molecule has 1 aliphatic heterocycles. The first kappa shape index (κ1) is 19.3. The van der Waals surface area contributed by atoms with Crippen molar-refractivity contribution in [2.45, 2.75) is 19.4 Å². The van der Waals surface area contributed by atoms with Crippen LogP contribution in [0.3, 0.4) is 0 Å². The summed E-state index contributed by atoms with van der Waals surface area (Å²) in [6.07, 6.45) is 4.59. The highest BCUT2D eigenvalue weighted by Crippen LogP contribution is 2.19. The van der Waals surface area contributed by atoms with Gasteiger partial charge in [0, 0.05) is 50.4 Å². The Labute approximate surface area is 155 Å². The number of aliphatic imine (C=N–C) groups is 1. The number of hydrogen-bond acceptors (Lipinski definition) is 4. The molecule has 0 aliphatic carbocycles. The van der Waals surface area contributed by atoms with Crippen molar-refractivity contribution < 1.29 is 0 Å². The second kappa shape index (κ2) is 11.5. The minimum Gasteiger partial charge on any atom is -0.370 e. The number of nitrogens with zero attached hydrogens (tertiary/aromatic N) is 2. The van der Waals surface area contributed by atoms with Crippen molar-refractivity contribution in [2.75, 3.05) is 55.1 Å². The van der Waals surface area contributed by atoms with E-state index in [2.05, 4.69) is 51.0 Å². The van der Waals surface area contributed by atoms with E-state index in [9.17, 15) is 0 Å². The third-order valence-electron chi connectivity index (χ3n) is 4.06. The van der Waals surface area contributed by atoms with Crippen LogP contribution in [0.4, 0.5) is 5.69 Å². The van der Waals surface area contributed by atoms with Crippen molar-refractivity contribution in [1.82, 2.24) is 10.6 Å². The van der Waals surface area contributed by atoms with Crippen LogP contribution in [-0.2, 0) is 6.54 Å². The average Bonchev–Trinajstić information content (AvgIpc) is 2.65. The molecule has 4 nitrogen and oxygen atoms in total. The first-order valence-electron chi connectivity index (χ1n) is 8.68. The number of thioether (sulfide) groups is 2. The molecule has 2 rings (SSSR count). The van der Waals surface area contributed by atoms with E-state index in [1.165, 1.54) is 41.4 Å². The highest BCUT2D eigenvalue weighted by atomic mass is 32.2. The molecule has 1 aromatic carbocycles. The van der Waals surface area contributed by atoms with Crippen molar-refractivity contribution in [1.29, 1.82) is 0 Å². The molecule has 134 valence electrons. The molecular formula is C18H30N4S2. The predicted molar refractivity (Wildman–Crippen MR) is 112 cm³/mol. The van der Waals surface area contributed by atoms with Crippen LogP contribution < -0.4 is 15.5 Å². The van der Waals surface area contributed by atoms with Gasteiger partial charge < -0.3 is 15.5 Å². The fourth-order valence-corrected chi connectivity index (χ4v) is 4.03.